The summed E-state index contributed by atoms with van der Waals surface area (Å²) in [4.78, 5) is 12.0. The van der Waals surface area contributed by atoms with Crippen LogP contribution in [0.15, 0.2) is 46.9 Å². The average molecular weight is 314 g/mol. The van der Waals surface area contributed by atoms with Crippen LogP contribution in [0.3, 0.4) is 0 Å². The second-order valence-electron chi connectivity index (χ2n) is 4.62. The Morgan fingerprint density at radius 2 is 2.00 bits per heavy atom. The number of benzene rings is 2. The number of carbonyl (C=O) groups excluding carboxylic acids is 1. The smallest absolute Gasteiger partial charge is 0.256 e. The van der Waals surface area contributed by atoms with E-state index < -0.39 is 0 Å². The van der Waals surface area contributed by atoms with E-state index in [-0.39, 0.29) is 5.91 Å². The largest absolute Gasteiger partial charge is 0.321 e. The first-order chi connectivity index (χ1) is 9.13. The van der Waals surface area contributed by atoms with E-state index in [2.05, 4.69) is 21.2 Å². The summed E-state index contributed by atoms with van der Waals surface area (Å²) < 4.78 is 1.00. The van der Waals surface area contributed by atoms with Crippen molar-refractivity contribution in [2.75, 3.05) is 5.32 Å². The molecule has 0 saturated carbocycles. The number of halogens is 1. The van der Waals surface area contributed by atoms with Gasteiger partial charge in [0.25, 0.3) is 5.91 Å². The normalized spacial score (nSPS) is 15.5. The van der Waals surface area contributed by atoms with Crippen LogP contribution in [-0.4, -0.2) is 5.91 Å². The van der Waals surface area contributed by atoms with Crippen LogP contribution in [0.2, 0.25) is 0 Å². The summed E-state index contributed by atoms with van der Waals surface area (Å²) in [6.07, 6.45) is 1.92. The van der Waals surface area contributed by atoms with Crippen LogP contribution in [0, 0.1) is 6.92 Å². The zero-order valence-corrected chi connectivity index (χ0v) is 12.0. The van der Waals surface area contributed by atoms with Crippen molar-refractivity contribution in [1.29, 1.82) is 0 Å². The number of amides is 1. The van der Waals surface area contributed by atoms with Crippen LogP contribution in [0.25, 0.3) is 11.6 Å². The Labute approximate surface area is 120 Å². The molecule has 1 aliphatic rings. The second-order valence-corrected chi connectivity index (χ2v) is 5.53. The van der Waals surface area contributed by atoms with Gasteiger partial charge in [0.1, 0.15) is 0 Å². The molecule has 94 valence electrons. The fraction of sp³-hybridized carbons (Fsp3) is 0.0625. The maximum atomic E-state index is 12.0. The van der Waals surface area contributed by atoms with E-state index in [1.807, 2.05) is 55.5 Å². The van der Waals surface area contributed by atoms with Gasteiger partial charge in [-0.15, -0.1) is 0 Å². The van der Waals surface area contributed by atoms with Gasteiger partial charge in [-0.25, -0.2) is 0 Å². The minimum atomic E-state index is -0.0411. The third-order valence-corrected chi connectivity index (χ3v) is 3.61. The van der Waals surface area contributed by atoms with Crippen molar-refractivity contribution in [3.63, 3.8) is 0 Å². The van der Waals surface area contributed by atoms with E-state index in [1.54, 1.807) is 0 Å². The summed E-state index contributed by atoms with van der Waals surface area (Å²) in [5, 5.41) is 2.89. The van der Waals surface area contributed by atoms with Gasteiger partial charge in [0.15, 0.2) is 0 Å². The molecule has 0 bridgehead atoms. The van der Waals surface area contributed by atoms with Gasteiger partial charge in [0.2, 0.25) is 0 Å². The van der Waals surface area contributed by atoms with Crippen LogP contribution in [0.1, 0.15) is 16.7 Å². The van der Waals surface area contributed by atoms with Crippen molar-refractivity contribution in [3.05, 3.63) is 63.6 Å². The van der Waals surface area contributed by atoms with E-state index in [0.717, 1.165) is 32.4 Å². The van der Waals surface area contributed by atoms with Crippen LogP contribution in [-0.2, 0) is 4.79 Å². The molecule has 3 heteroatoms. The van der Waals surface area contributed by atoms with E-state index in [1.165, 1.54) is 0 Å². The van der Waals surface area contributed by atoms with Gasteiger partial charge in [-0.1, -0.05) is 39.7 Å². The number of carbonyl (C=O) groups is 1. The van der Waals surface area contributed by atoms with Gasteiger partial charge in [-0.05, 0) is 42.8 Å². The minimum Gasteiger partial charge on any atom is -0.321 e. The molecule has 3 rings (SSSR count). The van der Waals surface area contributed by atoms with Crippen molar-refractivity contribution in [1.82, 2.24) is 0 Å². The van der Waals surface area contributed by atoms with Crippen molar-refractivity contribution in [3.8, 4) is 0 Å². The molecule has 0 spiro atoms. The molecule has 0 atom stereocenters. The van der Waals surface area contributed by atoms with E-state index in [0.29, 0.717) is 0 Å². The Kier molecular flexibility index (Phi) is 2.99. The molecule has 2 nitrogen and oxygen atoms in total. The lowest BCUT2D eigenvalue weighted by molar-refractivity contribution is -0.110. The molecule has 2 aromatic rings. The lowest BCUT2D eigenvalue weighted by atomic mass is 10.0. The van der Waals surface area contributed by atoms with Crippen molar-refractivity contribution >= 4 is 39.2 Å². The number of rotatable bonds is 1. The number of nitrogens with one attached hydrogen (secondary N) is 1. The first-order valence-corrected chi connectivity index (χ1v) is 6.82. The molecule has 0 aliphatic carbocycles. The van der Waals surface area contributed by atoms with Crippen LogP contribution in [0.4, 0.5) is 5.69 Å². The highest BCUT2D eigenvalue weighted by molar-refractivity contribution is 9.10. The highest BCUT2D eigenvalue weighted by Gasteiger charge is 2.23. The average Bonchev–Trinajstić information content (AvgIpc) is 2.66. The molecule has 0 aromatic heterocycles. The van der Waals surface area contributed by atoms with E-state index in [9.17, 15) is 4.79 Å². The van der Waals surface area contributed by atoms with E-state index in [4.69, 9.17) is 0 Å². The predicted molar refractivity (Wildman–Crippen MR) is 81.8 cm³/mol. The summed E-state index contributed by atoms with van der Waals surface area (Å²) in [5.41, 5.74) is 4.74. The quantitative estimate of drug-likeness (QED) is 0.783. The summed E-state index contributed by atoms with van der Waals surface area (Å²) in [7, 11) is 0. The highest BCUT2D eigenvalue weighted by Crippen LogP contribution is 2.33. The van der Waals surface area contributed by atoms with Gasteiger partial charge in [-0.3, -0.25) is 4.79 Å². The topological polar surface area (TPSA) is 29.1 Å². The third kappa shape index (κ3) is 2.34. The molecule has 0 radical (unpaired) electrons. The Morgan fingerprint density at radius 3 is 2.79 bits per heavy atom. The third-order valence-electron chi connectivity index (χ3n) is 3.12. The van der Waals surface area contributed by atoms with Gasteiger partial charge < -0.3 is 5.32 Å². The summed E-state index contributed by atoms with van der Waals surface area (Å²) in [6, 6.07) is 13.9. The molecule has 0 saturated heterocycles. The number of hydrogen-bond acceptors (Lipinski definition) is 1. The van der Waals surface area contributed by atoms with Gasteiger partial charge in [-0.2, -0.15) is 0 Å². The van der Waals surface area contributed by atoms with E-state index >= 15 is 0 Å². The maximum Gasteiger partial charge on any atom is 0.256 e. The summed E-state index contributed by atoms with van der Waals surface area (Å²) >= 11 is 3.44. The zero-order chi connectivity index (χ0) is 13.4. The Hall–Kier alpha value is -1.87. The molecular weight excluding hydrogens is 302 g/mol. The van der Waals surface area contributed by atoms with Crippen LogP contribution >= 0.6 is 15.9 Å². The summed E-state index contributed by atoms with van der Waals surface area (Å²) in [6.45, 7) is 2.03. The molecule has 1 amide bonds. The van der Waals surface area contributed by atoms with Crippen molar-refractivity contribution < 1.29 is 4.79 Å². The predicted octanol–water partition coefficient (Wildman–Crippen LogP) is 4.25. The standard InChI is InChI=1S/C16H12BrNO/c1-10-5-6-15-13(7-10)14(16(19)18-15)9-11-3-2-4-12(17)8-11/h2-9H,1H3,(H,18,19). The van der Waals surface area contributed by atoms with Gasteiger partial charge in [0.05, 0.1) is 0 Å². The Bertz CT molecular complexity index is 704. The fourth-order valence-electron chi connectivity index (χ4n) is 2.21. The first kappa shape index (κ1) is 12.2. The molecule has 1 heterocycles. The van der Waals surface area contributed by atoms with Crippen LogP contribution < -0.4 is 5.32 Å². The number of aryl methyl sites for hydroxylation is 1. The van der Waals surface area contributed by atoms with Crippen molar-refractivity contribution in [2.24, 2.45) is 0 Å². The Morgan fingerprint density at radius 1 is 1.16 bits per heavy atom. The molecule has 1 aliphatic heterocycles. The number of fused-ring (bicyclic) bond motifs is 1. The van der Waals surface area contributed by atoms with Gasteiger partial charge >= 0.3 is 0 Å². The number of anilines is 1. The maximum absolute atomic E-state index is 12.0. The lowest BCUT2D eigenvalue weighted by Gasteiger charge is -2.01. The molecular formula is C16H12BrNO. The lowest BCUT2D eigenvalue weighted by Crippen LogP contribution is -2.03. The first-order valence-electron chi connectivity index (χ1n) is 6.03. The molecule has 19 heavy (non-hydrogen) atoms. The molecule has 1 N–H and O–H groups in total. The zero-order valence-electron chi connectivity index (χ0n) is 10.4. The van der Waals surface area contributed by atoms with Crippen molar-refractivity contribution in [2.45, 2.75) is 6.92 Å². The fourth-order valence-corrected chi connectivity index (χ4v) is 2.63. The summed E-state index contributed by atoms with van der Waals surface area (Å²) in [5.74, 6) is -0.0411. The SMILES string of the molecule is Cc1ccc2c(c1)C(=Cc1cccc(Br)c1)C(=O)N2. The number of hydrogen-bond donors (Lipinski definition) is 1. The second kappa shape index (κ2) is 4.67. The van der Waals surface area contributed by atoms with Gasteiger partial charge in [0, 0.05) is 21.3 Å². The molecule has 2 aromatic carbocycles. The Balaban J connectivity index is 2.11. The molecule has 0 fully saturated rings. The monoisotopic (exact) mass is 313 g/mol. The van der Waals surface area contributed by atoms with Crippen LogP contribution in [0.5, 0.6) is 0 Å². The minimum absolute atomic E-state index is 0.0411. The highest BCUT2D eigenvalue weighted by atomic mass is 79.9. The molecule has 0 unspecified atom stereocenters.